The van der Waals surface area contributed by atoms with E-state index in [-0.39, 0.29) is 0 Å². The van der Waals surface area contributed by atoms with E-state index in [0.717, 1.165) is 18.4 Å². The van der Waals surface area contributed by atoms with Crippen LogP contribution in [0.25, 0.3) is 0 Å². The van der Waals surface area contributed by atoms with E-state index in [1.54, 1.807) is 14.2 Å². The van der Waals surface area contributed by atoms with E-state index in [4.69, 9.17) is 9.47 Å². The molecule has 0 heterocycles. The van der Waals surface area contributed by atoms with Crippen molar-refractivity contribution in [3.63, 3.8) is 0 Å². The van der Waals surface area contributed by atoms with E-state index in [1.807, 2.05) is 18.2 Å². The Morgan fingerprint density at radius 3 is 2.29 bits per heavy atom. The van der Waals surface area contributed by atoms with Crippen molar-refractivity contribution in [3.05, 3.63) is 23.8 Å². The lowest BCUT2D eigenvalue weighted by atomic mass is 10.0. The van der Waals surface area contributed by atoms with E-state index in [9.17, 15) is 4.79 Å². The van der Waals surface area contributed by atoms with E-state index in [2.05, 4.69) is 6.92 Å². The lowest BCUT2D eigenvalue weighted by Crippen LogP contribution is -2.03. The van der Waals surface area contributed by atoms with Crippen molar-refractivity contribution in [2.75, 3.05) is 14.2 Å². The molecule has 0 unspecified atom stereocenters. The number of benzene rings is 1. The lowest BCUT2D eigenvalue weighted by molar-refractivity contribution is -0.118. The predicted molar refractivity (Wildman–Crippen MR) is 86.3 cm³/mol. The third-order valence-electron chi connectivity index (χ3n) is 3.66. The average molecular weight is 292 g/mol. The monoisotopic (exact) mass is 292 g/mol. The Morgan fingerprint density at radius 2 is 1.62 bits per heavy atom. The number of methoxy groups -OCH3 is 2. The molecule has 1 aromatic rings. The van der Waals surface area contributed by atoms with E-state index in [0.29, 0.717) is 30.1 Å². The van der Waals surface area contributed by atoms with Gasteiger partial charge in [0.05, 0.1) is 14.2 Å². The zero-order valence-electron chi connectivity index (χ0n) is 13.6. The van der Waals surface area contributed by atoms with Crippen molar-refractivity contribution < 1.29 is 14.3 Å². The van der Waals surface area contributed by atoms with E-state index in [1.165, 1.54) is 25.7 Å². The van der Waals surface area contributed by atoms with Crippen LogP contribution in [0.1, 0.15) is 57.4 Å². The molecule has 0 aliphatic heterocycles. The molecule has 1 rings (SSSR count). The highest BCUT2D eigenvalue weighted by Crippen LogP contribution is 2.27. The van der Waals surface area contributed by atoms with Gasteiger partial charge in [0, 0.05) is 12.8 Å². The highest BCUT2D eigenvalue weighted by molar-refractivity contribution is 5.81. The first-order valence-corrected chi connectivity index (χ1v) is 7.93. The molecule has 0 bridgehead atoms. The molecule has 0 aliphatic rings. The van der Waals surface area contributed by atoms with Crippen LogP contribution in [0.15, 0.2) is 18.2 Å². The first kappa shape index (κ1) is 17.5. The fourth-order valence-corrected chi connectivity index (χ4v) is 2.41. The first-order chi connectivity index (χ1) is 10.2. The molecule has 0 spiro atoms. The Bertz CT molecular complexity index is 426. The molecule has 0 aliphatic carbocycles. The van der Waals surface area contributed by atoms with Crippen LogP contribution in [-0.4, -0.2) is 20.0 Å². The minimum atomic E-state index is 0.303. The number of Topliss-reactive ketones (excluding diaryl/α,β-unsaturated/α-hetero) is 1. The summed E-state index contributed by atoms with van der Waals surface area (Å²) in [7, 11) is 3.22. The summed E-state index contributed by atoms with van der Waals surface area (Å²) in [4.78, 5) is 12.0. The van der Waals surface area contributed by atoms with Gasteiger partial charge < -0.3 is 9.47 Å². The van der Waals surface area contributed by atoms with Crippen LogP contribution in [-0.2, 0) is 11.2 Å². The van der Waals surface area contributed by atoms with Gasteiger partial charge >= 0.3 is 0 Å². The summed E-state index contributed by atoms with van der Waals surface area (Å²) in [6, 6.07) is 5.67. The predicted octanol–water partition coefficient (Wildman–Crippen LogP) is 4.57. The van der Waals surface area contributed by atoms with E-state index >= 15 is 0 Å². The SMILES string of the molecule is CCCCCCCCC(=O)Cc1ccc(OC)c(OC)c1. The summed E-state index contributed by atoms with van der Waals surface area (Å²) in [5.74, 6) is 1.68. The molecule has 0 saturated carbocycles. The minimum absolute atomic E-state index is 0.303. The number of hydrogen-bond acceptors (Lipinski definition) is 3. The summed E-state index contributed by atoms with van der Waals surface area (Å²) >= 11 is 0. The summed E-state index contributed by atoms with van der Waals surface area (Å²) in [5.41, 5.74) is 0.989. The van der Waals surface area contributed by atoms with Crippen molar-refractivity contribution in [1.29, 1.82) is 0 Å². The molecule has 3 nitrogen and oxygen atoms in total. The summed E-state index contributed by atoms with van der Waals surface area (Å²) in [6.45, 7) is 2.21. The van der Waals surface area contributed by atoms with Gasteiger partial charge in [0.15, 0.2) is 11.5 Å². The van der Waals surface area contributed by atoms with Gasteiger partial charge in [-0.25, -0.2) is 0 Å². The number of rotatable bonds is 11. The molecule has 0 radical (unpaired) electrons. The van der Waals surface area contributed by atoms with Gasteiger partial charge in [0.1, 0.15) is 5.78 Å². The van der Waals surface area contributed by atoms with Gasteiger partial charge in [-0.1, -0.05) is 45.1 Å². The molecular weight excluding hydrogens is 264 g/mol. The molecule has 1 aromatic carbocycles. The number of ketones is 1. The molecule has 0 atom stereocenters. The van der Waals surface area contributed by atoms with Gasteiger partial charge in [-0.2, -0.15) is 0 Å². The van der Waals surface area contributed by atoms with Crippen molar-refractivity contribution in [3.8, 4) is 11.5 Å². The van der Waals surface area contributed by atoms with Crippen molar-refractivity contribution in [2.45, 2.75) is 58.3 Å². The van der Waals surface area contributed by atoms with Gasteiger partial charge in [-0.3, -0.25) is 4.79 Å². The van der Waals surface area contributed by atoms with Crippen molar-refractivity contribution >= 4 is 5.78 Å². The molecule has 0 amide bonds. The van der Waals surface area contributed by atoms with Crippen LogP contribution < -0.4 is 9.47 Å². The standard InChI is InChI=1S/C18H28O3/c1-4-5-6-7-8-9-10-16(19)13-15-11-12-17(20-2)18(14-15)21-3/h11-12,14H,4-10,13H2,1-3H3. The first-order valence-electron chi connectivity index (χ1n) is 7.93. The topological polar surface area (TPSA) is 35.5 Å². The second-order valence-electron chi connectivity index (χ2n) is 5.42. The average Bonchev–Trinajstić information content (AvgIpc) is 2.50. The van der Waals surface area contributed by atoms with Gasteiger partial charge in [-0.05, 0) is 24.1 Å². The third-order valence-corrected chi connectivity index (χ3v) is 3.66. The number of hydrogen-bond donors (Lipinski definition) is 0. The molecule has 118 valence electrons. The normalized spacial score (nSPS) is 10.4. The van der Waals surface area contributed by atoms with Crippen molar-refractivity contribution in [1.82, 2.24) is 0 Å². The van der Waals surface area contributed by atoms with Crippen LogP contribution in [0.3, 0.4) is 0 Å². The van der Waals surface area contributed by atoms with Crippen LogP contribution in [0.2, 0.25) is 0 Å². The van der Waals surface area contributed by atoms with Gasteiger partial charge in [0.2, 0.25) is 0 Å². The van der Waals surface area contributed by atoms with E-state index < -0.39 is 0 Å². The fraction of sp³-hybridized carbons (Fsp3) is 0.611. The second kappa shape index (κ2) is 10.3. The third kappa shape index (κ3) is 6.65. The number of carbonyl (C=O) groups excluding carboxylic acids is 1. The zero-order chi connectivity index (χ0) is 15.5. The minimum Gasteiger partial charge on any atom is -0.493 e. The van der Waals surface area contributed by atoms with Crippen molar-refractivity contribution in [2.24, 2.45) is 0 Å². The second-order valence-corrected chi connectivity index (χ2v) is 5.42. The molecular formula is C18H28O3. The maximum Gasteiger partial charge on any atom is 0.161 e. The summed E-state index contributed by atoms with van der Waals surface area (Å²) < 4.78 is 10.5. The molecule has 0 fully saturated rings. The quantitative estimate of drug-likeness (QED) is 0.561. The Morgan fingerprint density at radius 1 is 0.952 bits per heavy atom. The molecule has 0 aromatic heterocycles. The maximum atomic E-state index is 12.0. The molecule has 21 heavy (non-hydrogen) atoms. The summed E-state index contributed by atoms with van der Waals surface area (Å²) in [5, 5.41) is 0. The van der Waals surface area contributed by atoms with Crippen LogP contribution >= 0.6 is 0 Å². The molecule has 0 saturated heterocycles. The largest absolute Gasteiger partial charge is 0.493 e. The van der Waals surface area contributed by atoms with Gasteiger partial charge in [0.25, 0.3) is 0 Å². The number of unbranched alkanes of at least 4 members (excludes halogenated alkanes) is 5. The Balaban J connectivity index is 2.34. The highest BCUT2D eigenvalue weighted by atomic mass is 16.5. The number of carbonyl (C=O) groups is 1. The Kier molecular flexibility index (Phi) is 8.56. The lowest BCUT2D eigenvalue weighted by Gasteiger charge is -2.09. The van der Waals surface area contributed by atoms with Crippen LogP contribution in [0.4, 0.5) is 0 Å². The smallest absolute Gasteiger partial charge is 0.161 e. The maximum absolute atomic E-state index is 12.0. The van der Waals surface area contributed by atoms with Gasteiger partial charge in [-0.15, -0.1) is 0 Å². The highest BCUT2D eigenvalue weighted by Gasteiger charge is 2.08. The fourth-order valence-electron chi connectivity index (χ4n) is 2.41. The summed E-state index contributed by atoms with van der Waals surface area (Å²) in [6.07, 6.45) is 8.44. The van der Waals surface area contributed by atoms with Crippen LogP contribution in [0.5, 0.6) is 11.5 Å². The zero-order valence-corrected chi connectivity index (χ0v) is 13.6. The molecule has 0 N–H and O–H groups in total. The Labute approximate surface area is 128 Å². The number of ether oxygens (including phenoxy) is 2. The Hall–Kier alpha value is -1.51. The van der Waals surface area contributed by atoms with Crippen LogP contribution in [0, 0.1) is 0 Å². The molecule has 3 heteroatoms.